The van der Waals surface area contributed by atoms with Crippen LogP contribution in [0.4, 0.5) is 0 Å². The van der Waals surface area contributed by atoms with Gasteiger partial charge in [-0.15, -0.1) is 11.3 Å². The number of hydrogen-bond acceptors (Lipinski definition) is 3. The van der Waals surface area contributed by atoms with E-state index in [1.165, 1.54) is 78.4 Å². The van der Waals surface area contributed by atoms with Gasteiger partial charge in [0.2, 0.25) is 0 Å². The van der Waals surface area contributed by atoms with Crippen LogP contribution in [0.5, 0.6) is 0 Å². The molecular weight excluding hydrogens is 372 g/mol. The number of pyridine rings is 1. The van der Waals surface area contributed by atoms with Crippen molar-refractivity contribution in [2.24, 2.45) is 11.8 Å². The Morgan fingerprint density at radius 2 is 1.41 bits per heavy atom. The van der Waals surface area contributed by atoms with Gasteiger partial charge in [0.25, 0.3) is 0 Å². The van der Waals surface area contributed by atoms with E-state index in [0.717, 1.165) is 16.8 Å². The van der Waals surface area contributed by atoms with Crippen LogP contribution in [0.15, 0.2) is 36.5 Å². The number of hydrogen-bond donors (Lipinski definition) is 0. The maximum atomic E-state index is 5.20. The molecule has 2 aliphatic rings. The Hall–Kier alpha value is -1.74. The summed E-state index contributed by atoms with van der Waals surface area (Å²) >= 11 is 1.90. The fraction of sp³-hybridized carbons (Fsp3) is 0.538. The van der Waals surface area contributed by atoms with Crippen molar-refractivity contribution in [2.75, 3.05) is 0 Å². The van der Waals surface area contributed by atoms with Gasteiger partial charge in [-0.2, -0.15) is 0 Å². The fourth-order valence-electron chi connectivity index (χ4n) is 5.35. The van der Waals surface area contributed by atoms with Gasteiger partial charge in [0, 0.05) is 17.7 Å². The number of thiazole rings is 1. The van der Waals surface area contributed by atoms with E-state index >= 15 is 0 Å². The molecule has 1 aromatic carbocycles. The average molecular weight is 405 g/mol. The second kappa shape index (κ2) is 8.18. The van der Waals surface area contributed by atoms with Gasteiger partial charge >= 0.3 is 0 Å². The summed E-state index contributed by atoms with van der Waals surface area (Å²) in [5.41, 5.74) is 5.20. The molecule has 0 N–H and O–H groups in total. The highest BCUT2D eigenvalue weighted by molar-refractivity contribution is 7.21. The van der Waals surface area contributed by atoms with E-state index in [2.05, 4.69) is 50.4 Å². The molecule has 2 fully saturated rings. The van der Waals surface area contributed by atoms with Crippen molar-refractivity contribution < 1.29 is 0 Å². The number of aromatic nitrogens is 2. The Labute approximate surface area is 178 Å². The lowest BCUT2D eigenvalue weighted by Crippen LogP contribution is -2.14. The molecule has 0 aliphatic heterocycles. The summed E-state index contributed by atoms with van der Waals surface area (Å²) in [6.07, 6.45) is 12.7. The molecule has 152 valence electrons. The predicted molar refractivity (Wildman–Crippen MR) is 124 cm³/mol. The molecule has 2 heterocycles. The normalized spacial score (nSPS) is 27.9. The molecule has 29 heavy (non-hydrogen) atoms. The monoisotopic (exact) mass is 404 g/mol. The molecule has 0 bridgehead atoms. The standard InChI is InChI=1S/C26H32N2S/c1-17-8-12-19(13-9-17)22-16-27-23(20-14-10-18(2)11-15-20)24-25(22)29-26(28-24)21-6-4-3-5-7-21/h3-7,16-20H,8-15H2,1-2H3. The third-order valence-corrected chi connectivity index (χ3v) is 8.51. The van der Waals surface area contributed by atoms with Crippen LogP contribution in [0.2, 0.25) is 0 Å². The van der Waals surface area contributed by atoms with Crippen molar-refractivity contribution in [2.45, 2.75) is 77.0 Å². The molecule has 0 radical (unpaired) electrons. The second-order valence-corrected chi connectivity index (χ2v) is 10.6. The average Bonchev–Trinajstić information content (AvgIpc) is 3.21. The van der Waals surface area contributed by atoms with Crippen LogP contribution < -0.4 is 0 Å². The molecule has 2 aromatic heterocycles. The van der Waals surface area contributed by atoms with E-state index in [1.54, 1.807) is 0 Å². The van der Waals surface area contributed by atoms with Crippen molar-refractivity contribution in [1.29, 1.82) is 0 Å². The lowest BCUT2D eigenvalue weighted by atomic mass is 9.78. The lowest BCUT2D eigenvalue weighted by molar-refractivity contribution is 0.343. The highest BCUT2D eigenvalue weighted by Gasteiger charge is 2.28. The van der Waals surface area contributed by atoms with Gasteiger partial charge in [-0.05, 0) is 49.0 Å². The molecule has 2 nitrogen and oxygen atoms in total. The molecule has 0 saturated heterocycles. The summed E-state index contributed by atoms with van der Waals surface area (Å²) < 4.78 is 1.42. The molecule has 0 atom stereocenters. The minimum absolute atomic E-state index is 0.583. The minimum atomic E-state index is 0.583. The number of rotatable bonds is 3. The fourth-order valence-corrected chi connectivity index (χ4v) is 6.51. The molecule has 0 spiro atoms. The topological polar surface area (TPSA) is 25.8 Å². The van der Waals surface area contributed by atoms with Crippen LogP contribution in [0, 0.1) is 11.8 Å². The van der Waals surface area contributed by atoms with E-state index in [9.17, 15) is 0 Å². The zero-order chi connectivity index (χ0) is 19.8. The van der Waals surface area contributed by atoms with Gasteiger partial charge in [-0.3, -0.25) is 4.98 Å². The Morgan fingerprint density at radius 1 is 0.793 bits per heavy atom. The van der Waals surface area contributed by atoms with E-state index < -0.39 is 0 Å². The van der Waals surface area contributed by atoms with Gasteiger partial charge in [0.1, 0.15) is 10.5 Å². The maximum absolute atomic E-state index is 5.20. The minimum Gasteiger partial charge on any atom is -0.258 e. The Morgan fingerprint density at radius 3 is 2.07 bits per heavy atom. The summed E-state index contributed by atoms with van der Waals surface area (Å²) in [5.74, 6) is 2.98. The van der Waals surface area contributed by atoms with Crippen molar-refractivity contribution in [3.63, 3.8) is 0 Å². The number of fused-ring (bicyclic) bond motifs is 1. The Bertz CT molecular complexity index is 902. The quantitative estimate of drug-likeness (QED) is 0.442. The Kier molecular flexibility index (Phi) is 5.43. The van der Waals surface area contributed by atoms with Crippen LogP contribution in [-0.4, -0.2) is 9.97 Å². The molecule has 5 rings (SSSR count). The molecule has 2 saturated carbocycles. The van der Waals surface area contributed by atoms with Gasteiger partial charge in [-0.25, -0.2) is 4.98 Å². The first kappa shape index (κ1) is 19.2. The Balaban J connectivity index is 1.59. The second-order valence-electron chi connectivity index (χ2n) is 9.58. The summed E-state index contributed by atoms with van der Waals surface area (Å²) in [5, 5.41) is 1.16. The van der Waals surface area contributed by atoms with Gasteiger partial charge in [0.15, 0.2) is 0 Å². The smallest absolute Gasteiger partial charge is 0.124 e. The first-order valence-corrected chi connectivity index (χ1v) is 12.4. The zero-order valence-electron chi connectivity index (χ0n) is 17.7. The van der Waals surface area contributed by atoms with Crippen LogP contribution in [0.25, 0.3) is 20.8 Å². The van der Waals surface area contributed by atoms with Crippen molar-refractivity contribution in [3.05, 3.63) is 47.8 Å². The summed E-state index contributed by atoms with van der Waals surface area (Å²) in [4.78, 5) is 10.3. The van der Waals surface area contributed by atoms with Gasteiger partial charge < -0.3 is 0 Å². The largest absolute Gasteiger partial charge is 0.258 e. The first-order chi connectivity index (χ1) is 14.2. The molecule has 0 amide bonds. The number of nitrogens with zero attached hydrogens (tertiary/aromatic N) is 2. The van der Waals surface area contributed by atoms with Crippen LogP contribution >= 0.6 is 11.3 Å². The van der Waals surface area contributed by atoms with E-state index in [1.807, 2.05) is 11.3 Å². The maximum Gasteiger partial charge on any atom is 0.124 e. The van der Waals surface area contributed by atoms with Gasteiger partial charge in [0.05, 0.1) is 10.4 Å². The molecular formula is C26H32N2S. The van der Waals surface area contributed by atoms with Crippen molar-refractivity contribution in [3.8, 4) is 10.6 Å². The third kappa shape index (κ3) is 3.86. The number of benzene rings is 1. The third-order valence-electron chi connectivity index (χ3n) is 7.35. The van der Waals surface area contributed by atoms with Crippen molar-refractivity contribution >= 4 is 21.6 Å². The highest BCUT2D eigenvalue weighted by Crippen LogP contribution is 2.44. The summed E-state index contributed by atoms with van der Waals surface area (Å²) in [6.45, 7) is 4.79. The summed E-state index contributed by atoms with van der Waals surface area (Å²) in [7, 11) is 0. The highest BCUT2D eigenvalue weighted by atomic mass is 32.1. The summed E-state index contributed by atoms with van der Waals surface area (Å²) in [6, 6.07) is 10.7. The first-order valence-electron chi connectivity index (χ1n) is 11.5. The van der Waals surface area contributed by atoms with Gasteiger partial charge in [-0.1, -0.05) is 69.9 Å². The van der Waals surface area contributed by atoms with E-state index in [-0.39, 0.29) is 0 Å². The van der Waals surface area contributed by atoms with Crippen LogP contribution in [0.1, 0.15) is 88.3 Å². The molecule has 0 unspecified atom stereocenters. The van der Waals surface area contributed by atoms with E-state index in [4.69, 9.17) is 9.97 Å². The molecule has 3 aromatic rings. The SMILES string of the molecule is CC1CCC(c2ncc(C3CCC(C)CC3)c3sc(-c4ccccc4)nc23)CC1. The molecule has 2 aliphatic carbocycles. The van der Waals surface area contributed by atoms with Crippen molar-refractivity contribution in [1.82, 2.24) is 9.97 Å². The van der Waals surface area contributed by atoms with E-state index in [0.29, 0.717) is 11.8 Å². The predicted octanol–water partition coefficient (Wildman–Crippen LogP) is 7.95. The van der Waals surface area contributed by atoms with Crippen LogP contribution in [-0.2, 0) is 0 Å². The molecule has 3 heteroatoms. The lowest BCUT2D eigenvalue weighted by Gasteiger charge is -2.28. The van der Waals surface area contributed by atoms with Crippen LogP contribution in [0.3, 0.4) is 0 Å². The zero-order valence-corrected chi connectivity index (χ0v) is 18.5.